The van der Waals surface area contributed by atoms with Crippen molar-refractivity contribution in [3.63, 3.8) is 0 Å². The van der Waals surface area contributed by atoms with E-state index < -0.39 is 12.2 Å². The average molecular weight is 331 g/mol. The predicted molar refractivity (Wildman–Crippen MR) is 99.6 cm³/mol. The van der Waals surface area contributed by atoms with Crippen LogP contribution < -0.4 is 0 Å². The van der Waals surface area contributed by atoms with Gasteiger partial charge in [-0.05, 0) is 73.7 Å². The van der Waals surface area contributed by atoms with E-state index >= 15 is 0 Å². The van der Waals surface area contributed by atoms with Crippen LogP contribution in [0.25, 0.3) is 0 Å². The van der Waals surface area contributed by atoms with Crippen molar-refractivity contribution in [1.82, 2.24) is 0 Å². The van der Waals surface area contributed by atoms with E-state index in [9.17, 15) is 10.2 Å². The van der Waals surface area contributed by atoms with Gasteiger partial charge in [0.1, 0.15) is 0 Å². The van der Waals surface area contributed by atoms with Gasteiger partial charge in [0, 0.05) is 0 Å². The third-order valence-electron chi connectivity index (χ3n) is 7.14. The molecule has 0 amide bonds. The van der Waals surface area contributed by atoms with E-state index in [0.717, 1.165) is 23.3 Å². The Morgan fingerprint density at radius 3 is 2.42 bits per heavy atom. The van der Waals surface area contributed by atoms with E-state index in [4.69, 9.17) is 0 Å². The molecule has 134 valence electrons. The second-order valence-corrected chi connectivity index (χ2v) is 8.92. The molecule has 0 saturated heterocycles. The zero-order chi connectivity index (χ0) is 17.5. The molecule has 5 atom stereocenters. The van der Waals surface area contributed by atoms with Gasteiger partial charge < -0.3 is 10.2 Å². The van der Waals surface area contributed by atoms with E-state index in [1.165, 1.54) is 32.1 Å². The van der Waals surface area contributed by atoms with E-state index in [1.54, 1.807) is 5.57 Å². The molecule has 3 fully saturated rings. The van der Waals surface area contributed by atoms with Crippen LogP contribution in [0.3, 0.4) is 0 Å². The molecule has 0 spiro atoms. The summed E-state index contributed by atoms with van der Waals surface area (Å²) in [5, 5.41) is 20.0. The van der Waals surface area contributed by atoms with E-state index in [0.29, 0.717) is 23.8 Å². The van der Waals surface area contributed by atoms with Crippen LogP contribution in [0.4, 0.5) is 0 Å². The smallest absolute Gasteiger partial charge is 0.0809 e. The van der Waals surface area contributed by atoms with Crippen molar-refractivity contribution in [3.05, 3.63) is 35.5 Å². The highest BCUT2D eigenvalue weighted by atomic mass is 16.3. The second-order valence-electron chi connectivity index (χ2n) is 8.92. The molecule has 3 aliphatic rings. The van der Waals surface area contributed by atoms with Crippen LogP contribution in [0.5, 0.6) is 0 Å². The fourth-order valence-electron chi connectivity index (χ4n) is 5.80. The summed E-state index contributed by atoms with van der Waals surface area (Å²) < 4.78 is 0. The van der Waals surface area contributed by atoms with E-state index in [2.05, 4.69) is 39.5 Å². The Kier molecular flexibility index (Phi) is 5.09. The predicted octanol–water partition coefficient (Wildman–Crippen LogP) is 4.78. The van der Waals surface area contributed by atoms with Crippen molar-refractivity contribution in [1.29, 1.82) is 0 Å². The number of fused-ring (bicyclic) bond motifs is 1. The van der Waals surface area contributed by atoms with Gasteiger partial charge in [0.15, 0.2) is 0 Å². The van der Waals surface area contributed by atoms with Gasteiger partial charge in [-0.1, -0.05) is 50.6 Å². The first kappa shape index (κ1) is 17.9. The molecule has 3 saturated carbocycles. The Morgan fingerprint density at radius 1 is 1.12 bits per heavy atom. The van der Waals surface area contributed by atoms with Crippen LogP contribution >= 0.6 is 0 Å². The zero-order valence-corrected chi connectivity index (χ0v) is 15.6. The van der Waals surface area contributed by atoms with E-state index in [-0.39, 0.29) is 0 Å². The highest BCUT2D eigenvalue weighted by molar-refractivity contribution is 5.29. The molecule has 0 radical (unpaired) electrons. The molecule has 2 nitrogen and oxygen atoms in total. The van der Waals surface area contributed by atoms with Crippen molar-refractivity contribution in [2.24, 2.45) is 23.2 Å². The SMILES string of the molecule is C=C1[C@H](O)CC(=C/C=C2\CCCC3(C)C2CCC3C(C)C)C[C@H]1O. The molecule has 0 aromatic carbocycles. The molecular weight excluding hydrogens is 296 g/mol. The van der Waals surface area contributed by atoms with Gasteiger partial charge in [0.05, 0.1) is 12.2 Å². The number of hydrogen-bond donors (Lipinski definition) is 2. The van der Waals surface area contributed by atoms with Gasteiger partial charge in [0.2, 0.25) is 0 Å². The second kappa shape index (κ2) is 6.80. The van der Waals surface area contributed by atoms with Crippen molar-refractivity contribution in [3.8, 4) is 0 Å². The summed E-state index contributed by atoms with van der Waals surface area (Å²) in [6.45, 7) is 11.1. The molecule has 2 heteroatoms. The summed E-state index contributed by atoms with van der Waals surface area (Å²) in [5.74, 6) is 2.34. The van der Waals surface area contributed by atoms with Crippen molar-refractivity contribution in [2.75, 3.05) is 0 Å². The minimum Gasteiger partial charge on any atom is -0.388 e. The highest BCUT2D eigenvalue weighted by Crippen LogP contribution is 2.59. The maximum absolute atomic E-state index is 10.0. The van der Waals surface area contributed by atoms with Crippen LogP contribution in [0.2, 0.25) is 0 Å². The molecule has 3 aliphatic carbocycles. The van der Waals surface area contributed by atoms with Crippen LogP contribution in [-0.4, -0.2) is 22.4 Å². The Balaban J connectivity index is 1.78. The molecule has 2 N–H and O–H groups in total. The first-order valence-corrected chi connectivity index (χ1v) is 9.76. The number of aliphatic hydroxyl groups is 2. The molecule has 0 aromatic heterocycles. The molecule has 0 aliphatic heterocycles. The van der Waals surface area contributed by atoms with Gasteiger partial charge in [-0.15, -0.1) is 0 Å². The largest absolute Gasteiger partial charge is 0.388 e. The van der Waals surface area contributed by atoms with Crippen LogP contribution in [0.1, 0.15) is 65.7 Å². The Labute approximate surface area is 147 Å². The number of aliphatic hydroxyl groups excluding tert-OH is 2. The Bertz CT molecular complexity index is 540. The topological polar surface area (TPSA) is 40.5 Å². The van der Waals surface area contributed by atoms with Crippen molar-refractivity contribution >= 4 is 0 Å². The summed E-state index contributed by atoms with van der Waals surface area (Å²) in [7, 11) is 0. The van der Waals surface area contributed by atoms with Gasteiger partial charge in [-0.2, -0.15) is 0 Å². The Morgan fingerprint density at radius 2 is 1.79 bits per heavy atom. The standard InChI is InChI=1S/C22H34O2/c1-14(2)18-9-10-19-17(6-5-11-22(18,19)4)8-7-16-12-20(23)15(3)21(24)13-16/h7-8,14,18-21,23-24H,3,5-6,9-13H2,1-2,4H3/b17-8+/t18?,19?,20-,21-,22?/m1/s1. The Hall–Kier alpha value is -0.860. The van der Waals surface area contributed by atoms with E-state index in [1.807, 2.05) is 0 Å². The van der Waals surface area contributed by atoms with Gasteiger partial charge in [-0.3, -0.25) is 0 Å². The number of allylic oxidation sites excluding steroid dienone is 3. The lowest BCUT2D eigenvalue weighted by molar-refractivity contribution is 0.104. The lowest BCUT2D eigenvalue weighted by Gasteiger charge is -2.43. The molecule has 24 heavy (non-hydrogen) atoms. The van der Waals surface area contributed by atoms with Crippen LogP contribution in [-0.2, 0) is 0 Å². The van der Waals surface area contributed by atoms with Gasteiger partial charge >= 0.3 is 0 Å². The minimum atomic E-state index is -0.591. The summed E-state index contributed by atoms with van der Waals surface area (Å²) in [6.07, 6.45) is 11.1. The molecular formula is C22H34O2. The van der Waals surface area contributed by atoms with Gasteiger partial charge in [-0.25, -0.2) is 0 Å². The maximum Gasteiger partial charge on any atom is 0.0809 e. The molecule has 0 heterocycles. The highest BCUT2D eigenvalue weighted by Gasteiger charge is 2.49. The lowest BCUT2D eigenvalue weighted by Crippen LogP contribution is -2.35. The zero-order valence-electron chi connectivity index (χ0n) is 15.6. The monoisotopic (exact) mass is 330 g/mol. The summed E-state index contributed by atoms with van der Waals surface area (Å²) in [5.41, 5.74) is 3.80. The summed E-state index contributed by atoms with van der Waals surface area (Å²) in [6, 6.07) is 0. The number of rotatable bonds is 2. The van der Waals surface area contributed by atoms with Crippen molar-refractivity contribution in [2.45, 2.75) is 77.9 Å². The average Bonchev–Trinajstić information content (AvgIpc) is 2.88. The molecule has 0 bridgehead atoms. The third kappa shape index (κ3) is 3.15. The minimum absolute atomic E-state index is 0.469. The van der Waals surface area contributed by atoms with Crippen LogP contribution in [0, 0.1) is 23.2 Å². The van der Waals surface area contributed by atoms with Gasteiger partial charge in [0.25, 0.3) is 0 Å². The molecule has 0 aromatic rings. The van der Waals surface area contributed by atoms with Crippen LogP contribution in [0.15, 0.2) is 35.5 Å². The summed E-state index contributed by atoms with van der Waals surface area (Å²) in [4.78, 5) is 0. The molecule has 3 rings (SSSR count). The normalized spacial score (nSPS) is 41.8. The fourth-order valence-corrected chi connectivity index (χ4v) is 5.80. The third-order valence-corrected chi connectivity index (χ3v) is 7.14. The molecule has 3 unspecified atom stereocenters. The summed E-state index contributed by atoms with van der Waals surface area (Å²) >= 11 is 0. The quantitative estimate of drug-likeness (QED) is 0.715. The first-order valence-electron chi connectivity index (χ1n) is 9.76. The lowest BCUT2D eigenvalue weighted by atomic mass is 9.61. The first-order chi connectivity index (χ1) is 11.3. The fraction of sp³-hybridized carbons (Fsp3) is 0.727. The van der Waals surface area contributed by atoms with Crippen molar-refractivity contribution < 1.29 is 10.2 Å². The maximum atomic E-state index is 10.0. The number of hydrogen-bond acceptors (Lipinski definition) is 2.